The van der Waals surface area contributed by atoms with Crippen molar-refractivity contribution in [2.45, 2.75) is 90.4 Å². The van der Waals surface area contributed by atoms with Gasteiger partial charge in [-0.3, -0.25) is 38.0 Å². The van der Waals surface area contributed by atoms with Gasteiger partial charge in [-0.15, -0.1) is 0 Å². The molecule has 12 heteroatoms. The van der Waals surface area contributed by atoms with Crippen molar-refractivity contribution in [1.82, 2.24) is 26.1 Å². The van der Waals surface area contributed by atoms with Gasteiger partial charge in [-0.25, -0.2) is 5.43 Å². The zero-order valence-electron chi connectivity index (χ0n) is 27.5. The largest absolute Gasteiger partial charge is 0.451 e. The highest BCUT2D eigenvalue weighted by molar-refractivity contribution is 5.92. The van der Waals surface area contributed by atoms with Crippen LogP contribution >= 0.6 is 0 Å². The molecule has 1 spiro atoms. The highest BCUT2D eigenvalue weighted by atomic mass is 19.1. The van der Waals surface area contributed by atoms with Crippen LogP contribution in [-0.4, -0.2) is 71.8 Å². The third-order valence-electron chi connectivity index (χ3n) is 9.91. The number of hydrazine groups is 1. The van der Waals surface area contributed by atoms with E-state index in [2.05, 4.69) is 16.1 Å². The van der Waals surface area contributed by atoms with Gasteiger partial charge in [0.1, 0.15) is 12.1 Å². The summed E-state index contributed by atoms with van der Waals surface area (Å²) in [5.41, 5.74) is 2.72. The Morgan fingerprint density at radius 3 is 2.32 bits per heavy atom. The highest BCUT2D eigenvalue weighted by Crippen LogP contribution is 2.48. The average Bonchev–Trinajstić information content (AvgIpc) is 3.08. The number of aromatic nitrogens is 1. The van der Waals surface area contributed by atoms with E-state index in [9.17, 15) is 28.0 Å². The fourth-order valence-corrected chi connectivity index (χ4v) is 6.56. The van der Waals surface area contributed by atoms with E-state index in [0.717, 1.165) is 10.9 Å². The topological polar surface area (TPSA) is 130 Å². The zero-order valence-corrected chi connectivity index (χ0v) is 27.5. The van der Waals surface area contributed by atoms with Crippen LogP contribution in [0.15, 0.2) is 36.4 Å². The van der Waals surface area contributed by atoms with Crippen LogP contribution in [0.25, 0.3) is 17.0 Å². The Morgan fingerprint density at radius 1 is 0.957 bits per heavy atom. The summed E-state index contributed by atoms with van der Waals surface area (Å²) >= 11 is 0. The number of esters is 1. The normalized spacial score (nSPS) is 27.8. The number of hydrogen-bond donors (Lipinski definition) is 3. The first-order valence-electron chi connectivity index (χ1n) is 16.5. The smallest absolute Gasteiger partial charge is 0.316 e. The fourth-order valence-electron chi connectivity index (χ4n) is 6.56. The summed E-state index contributed by atoms with van der Waals surface area (Å²) in [4.78, 5) is 59.0. The molecular formula is C35H45F2N5O5. The molecule has 1 saturated heterocycles. The van der Waals surface area contributed by atoms with Crippen molar-refractivity contribution in [1.29, 1.82) is 0 Å². The van der Waals surface area contributed by atoms with Crippen molar-refractivity contribution in [2.75, 3.05) is 19.9 Å². The number of benzene rings is 1. The van der Waals surface area contributed by atoms with Crippen LogP contribution in [0.1, 0.15) is 83.5 Å². The summed E-state index contributed by atoms with van der Waals surface area (Å²) in [6.45, 7) is 5.54. The van der Waals surface area contributed by atoms with Crippen LogP contribution in [0.5, 0.6) is 0 Å². The molecule has 5 bridgehead atoms. The molecule has 1 saturated carbocycles. The number of halogens is 2. The lowest BCUT2D eigenvalue weighted by Crippen LogP contribution is -2.61. The van der Waals surface area contributed by atoms with Gasteiger partial charge in [0.25, 0.3) is 11.8 Å². The van der Waals surface area contributed by atoms with Crippen molar-refractivity contribution in [3.05, 3.63) is 47.7 Å². The number of nitrogens with one attached hydrogen (secondary N) is 3. The molecule has 2 aliphatic heterocycles. The maximum absolute atomic E-state index is 14.0. The van der Waals surface area contributed by atoms with Crippen molar-refractivity contribution >= 4 is 40.7 Å². The number of nitrogens with zero attached hydrogens (tertiary/aromatic N) is 2. The van der Waals surface area contributed by atoms with Crippen LogP contribution in [0.2, 0.25) is 0 Å². The Hall–Kier alpha value is -3.93. The molecule has 3 aliphatic rings. The second kappa shape index (κ2) is 14.0. The average molecular weight is 654 g/mol. The van der Waals surface area contributed by atoms with E-state index in [4.69, 9.17) is 9.72 Å². The van der Waals surface area contributed by atoms with Crippen LogP contribution < -0.4 is 16.1 Å². The van der Waals surface area contributed by atoms with E-state index in [1.807, 2.05) is 37.3 Å². The molecule has 10 nitrogen and oxygen atoms in total. The molecule has 5 rings (SSSR count). The molecule has 47 heavy (non-hydrogen) atoms. The van der Waals surface area contributed by atoms with E-state index < -0.39 is 72.1 Å². The zero-order chi connectivity index (χ0) is 33.9. The third kappa shape index (κ3) is 7.32. The van der Waals surface area contributed by atoms with Gasteiger partial charge < -0.3 is 15.4 Å². The number of rotatable bonds is 3. The molecular weight excluding hydrogens is 608 g/mol. The first kappa shape index (κ1) is 34.4. The van der Waals surface area contributed by atoms with Gasteiger partial charge in [0.15, 0.2) is 6.10 Å². The molecule has 2 aromatic rings. The van der Waals surface area contributed by atoms with Crippen molar-refractivity contribution in [3.63, 3.8) is 0 Å². The second-order valence-corrected chi connectivity index (χ2v) is 13.8. The third-order valence-corrected chi connectivity index (χ3v) is 9.91. The minimum Gasteiger partial charge on any atom is -0.451 e. The van der Waals surface area contributed by atoms with E-state index >= 15 is 0 Å². The van der Waals surface area contributed by atoms with Gasteiger partial charge in [0.05, 0.1) is 36.0 Å². The summed E-state index contributed by atoms with van der Waals surface area (Å²) in [7, 11) is 0. The predicted molar refractivity (Wildman–Crippen MR) is 173 cm³/mol. The fraction of sp³-hybridized carbons (Fsp3) is 0.571. The molecule has 3 N–H and O–H groups in total. The Labute approximate surface area is 274 Å². The van der Waals surface area contributed by atoms with Gasteiger partial charge >= 0.3 is 5.97 Å². The van der Waals surface area contributed by atoms with Crippen LogP contribution in [0.4, 0.5) is 8.78 Å². The minimum absolute atomic E-state index is 0.138. The molecule has 2 fully saturated rings. The van der Waals surface area contributed by atoms with E-state index in [-0.39, 0.29) is 31.6 Å². The molecule has 1 unspecified atom stereocenters. The number of amides is 3. The Kier molecular flexibility index (Phi) is 10.3. The van der Waals surface area contributed by atoms with E-state index in [1.165, 1.54) is 11.9 Å². The molecule has 254 valence electrons. The van der Waals surface area contributed by atoms with Crippen molar-refractivity contribution < 1.29 is 32.7 Å². The molecule has 4 atom stereocenters. The monoisotopic (exact) mass is 653 g/mol. The Bertz CT molecular complexity index is 1530. The Morgan fingerprint density at radius 2 is 1.64 bits per heavy atom. The lowest BCUT2D eigenvalue weighted by atomic mass is 9.64. The number of pyridine rings is 1. The first-order valence-corrected chi connectivity index (χ1v) is 16.5. The molecule has 3 amide bonds. The highest BCUT2D eigenvalue weighted by Gasteiger charge is 2.48. The summed E-state index contributed by atoms with van der Waals surface area (Å²) in [5, 5.41) is 7.93. The first-order chi connectivity index (χ1) is 22.4. The predicted octanol–water partition coefficient (Wildman–Crippen LogP) is 4.49. The van der Waals surface area contributed by atoms with Gasteiger partial charge in [-0.1, -0.05) is 44.2 Å². The quantitative estimate of drug-likeness (QED) is 0.417. The molecule has 0 radical (unpaired) electrons. The van der Waals surface area contributed by atoms with Crippen LogP contribution in [-0.2, 0) is 23.9 Å². The lowest BCUT2D eigenvalue weighted by molar-refractivity contribution is -0.169. The van der Waals surface area contributed by atoms with Gasteiger partial charge in [0, 0.05) is 17.3 Å². The van der Waals surface area contributed by atoms with Crippen LogP contribution in [0.3, 0.4) is 0 Å². The number of cyclic esters (lactones) is 1. The summed E-state index contributed by atoms with van der Waals surface area (Å²) in [5.74, 6) is -2.43. The summed E-state index contributed by atoms with van der Waals surface area (Å²) in [6, 6.07) is 7.38. The maximum Gasteiger partial charge on any atom is 0.316 e. The SMILES string of the molecule is CC(C)C1OC(=O)C2(/C=C/c3ccc4ccc(nc4c3)[C@@H](C)NC(=O)[C@@H]3CCCN(N3)C(=O)[C@H](C)NC1=O)CCC(CF)(CF)CC2. The molecule has 1 aromatic carbocycles. The minimum atomic E-state index is -1.22. The van der Waals surface area contributed by atoms with E-state index in [1.54, 1.807) is 26.0 Å². The Balaban J connectivity index is 1.54. The number of carbonyl (C=O) groups is 4. The molecule has 1 aromatic heterocycles. The van der Waals surface area contributed by atoms with Crippen LogP contribution in [0, 0.1) is 16.7 Å². The van der Waals surface area contributed by atoms with Gasteiger partial charge in [-0.2, -0.15) is 0 Å². The number of hydrogen-bond acceptors (Lipinski definition) is 7. The summed E-state index contributed by atoms with van der Waals surface area (Å²) in [6.07, 6.45) is 3.96. The van der Waals surface area contributed by atoms with Crippen molar-refractivity contribution in [2.24, 2.45) is 16.7 Å². The van der Waals surface area contributed by atoms with Gasteiger partial charge in [-0.05, 0) is 76.0 Å². The van der Waals surface area contributed by atoms with E-state index in [0.29, 0.717) is 30.6 Å². The lowest BCUT2D eigenvalue weighted by Gasteiger charge is -2.42. The number of ether oxygens (including phenoxy) is 1. The number of carbonyl (C=O) groups excluding carboxylic acids is 4. The number of alkyl halides is 2. The van der Waals surface area contributed by atoms with Crippen molar-refractivity contribution in [3.8, 4) is 0 Å². The second-order valence-electron chi connectivity index (χ2n) is 13.8. The molecule has 1 aliphatic carbocycles. The molecule has 3 heterocycles. The summed E-state index contributed by atoms with van der Waals surface area (Å²) < 4.78 is 33.9. The van der Waals surface area contributed by atoms with Gasteiger partial charge in [0.2, 0.25) is 5.91 Å². The standard InChI is InChI=1S/C35H45F2N5O5/c1-21(2)29-31(44)39-23(4)32(45)42-17-5-6-27(41-42)30(43)38-22(3)26-10-9-25-8-7-24(18-28(25)40-26)11-12-35(33(46)47-29)15-13-34(19-36,20-37)14-16-35/h7-12,18,21-23,27,29,41H,5-6,13-17,19-20H2,1-4H3,(H,38,43)(H,39,44)/b12-11+/t22-,23+,27+,29?/m1/s1. The maximum atomic E-state index is 14.0. The number of fused-ring (bicyclic) bond motifs is 4.